The van der Waals surface area contributed by atoms with Gasteiger partial charge in [0.1, 0.15) is 0 Å². The molecule has 3 amide bonds. The minimum absolute atomic E-state index is 0.0584. The number of rotatable bonds is 7. The molecule has 0 bridgehead atoms. The highest BCUT2D eigenvalue weighted by molar-refractivity contribution is 6.31. The molecular weight excluding hydrogens is 404 g/mol. The summed E-state index contributed by atoms with van der Waals surface area (Å²) in [6, 6.07) is 13.9. The van der Waals surface area contributed by atoms with Crippen molar-refractivity contribution >= 4 is 29.2 Å². The number of nitrogens with two attached hydrogens (primary N) is 1. The predicted molar refractivity (Wildman–Crippen MR) is 117 cm³/mol. The van der Waals surface area contributed by atoms with Gasteiger partial charge in [-0.05, 0) is 23.3 Å². The average Bonchev–Trinajstić information content (AvgIpc) is 2.74. The van der Waals surface area contributed by atoms with E-state index in [9.17, 15) is 9.59 Å². The molecule has 1 heterocycles. The lowest BCUT2D eigenvalue weighted by Gasteiger charge is -2.31. The normalized spacial score (nSPS) is 14.8. The highest BCUT2D eigenvalue weighted by Gasteiger charge is 2.23. The fourth-order valence-corrected chi connectivity index (χ4v) is 3.87. The van der Waals surface area contributed by atoms with Crippen molar-refractivity contribution in [1.82, 2.24) is 10.2 Å². The molecule has 0 spiro atoms. The molecule has 7 nitrogen and oxygen atoms in total. The number of urea groups is 1. The van der Waals surface area contributed by atoms with Crippen LogP contribution >= 0.6 is 11.6 Å². The van der Waals surface area contributed by atoms with Gasteiger partial charge in [-0.3, -0.25) is 4.79 Å². The molecular formula is C22H27ClN4O3. The van der Waals surface area contributed by atoms with Gasteiger partial charge in [0.2, 0.25) is 5.91 Å². The molecule has 30 heavy (non-hydrogen) atoms. The molecule has 3 N–H and O–H groups in total. The number of ether oxygens (including phenoxy) is 1. The van der Waals surface area contributed by atoms with Gasteiger partial charge >= 0.3 is 6.03 Å². The maximum absolute atomic E-state index is 13.0. The van der Waals surface area contributed by atoms with E-state index < -0.39 is 12.1 Å². The Morgan fingerprint density at radius 3 is 2.53 bits per heavy atom. The zero-order chi connectivity index (χ0) is 21.5. The predicted octanol–water partition coefficient (Wildman–Crippen LogP) is 2.93. The molecule has 3 rings (SSSR count). The summed E-state index contributed by atoms with van der Waals surface area (Å²) in [6.07, 6.45) is 0.0584. The maximum Gasteiger partial charge on any atom is 0.312 e. The monoisotopic (exact) mass is 430 g/mol. The van der Waals surface area contributed by atoms with E-state index >= 15 is 0 Å². The third-order valence-corrected chi connectivity index (χ3v) is 5.50. The Bertz CT molecular complexity index is 886. The summed E-state index contributed by atoms with van der Waals surface area (Å²) in [4.78, 5) is 28.4. The Labute approximate surface area is 181 Å². The van der Waals surface area contributed by atoms with E-state index in [1.807, 2.05) is 24.3 Å². The highest BCUT2D eigenvalue weighted by atomic mass is 35.5. The van der Waals surface area contributed by atoms with Crippen LogP contribution in [0.3, 0.4) is 0 Å². The van der Waals surface area contributed by atoms with Crippen molar-refractivity contribution in [2.24, 2.45) is 5.73 Å². The number of nitrogens with one attached hydrogen (secondary N) is 1. The smallest absolute Gasteiger partial charge is 0.312 e. The number of para-hydroxylation sites is 1. The van der Waals surface area contributed by atoms with Crippen molar-refractivity contribution < 1.29 is 14.3 Å². The summed E-state index contributed by atoms with van der Waals surface area (Å²) in [5.74, 6) is -0.120. The summed E-state index contributed by atoms with van der Waals surface area (Å²) >= 11 is 6.27. The molecule has 8 heteroatoms. The molecule has 160 valence electrons. The largest absolute Gasteiger partial charge is 0.378 e. The number of hydrogen-bond acceptors (Lipinski definition) is 4. The third kappa shape index (κ3) is 5.64. The first-order valence-corrected chi connectivity index (χ1v) is 10.3. The van der Waals surface area contributed by atoms with E-state index in [2.05, 4.69) is 16.3 Å². The van der Waals surface area contributed by atoms with Gasteiger partial charge in [-0.2, -0.15) is 0 Å². The number of primary amides is 1. The van der Waals surface area contributed by atoms with Crippen molar-refractivity contribution in [2.75, 3.05) is 38.3 Å². The van der Waals surface area contributed by atoms with E-state index in [4.69, 9.17) is 22.1 Å². The Morgan fingerprint density at radius 2 is 1.83 bits per heavy atom. The van der Waals surface area contributed by atoms with Crippen molar-refractivity contribution in [3.8, 4) is 0 Å². The topological polar surface area (TPSA) is 87.9 Å². The number of carbonyl (C=O) groups excluding carboxylic acids is 2. The maximum atomic E-state index is 13.0. The van der Waals surface area contributed by atoms with Crippen LogP contribution in [-0.4, -0.2) is 50.2 Å². The van der Waals surface area contributed by atoms with Gasteiger partial charge < -0.3 is 25.6 Å². The molecule has 0 unspecified atom stereocenters. The van der Waals surface area contributed by atoms with Gasteiger partial charge in [0.05, 0.1) is 25.7 Å². The minimum atomic E-state index is -0.701. The Morgan fingerprint density at radius 1 is 1.17 bits per heavy atom. The summed E-state index contributed by atoms with van der Waals surface area (Å²) in [7, 11) is 1.76. The van der Waals surface area contributed by atoms with Crippen molar-refractivity contribution in [1.29, 1.82) is 0 Å². The van der Waals surface area contributed by atoms with E-state index in [1.54, 1.807) is 30.1 Å². The van der Waals surface area contributed by atoms with E-state index in [-0.39, 0.29) is 12.3 Å². The number of anilines is 1. The van der Waals surface area contributed by atoms with Crippen molar-refractivity contribution in [3.05, 3.63) is 64.7 Å². The number of carbonyl (C=O) groups is 2. The van der Waals surface area contributed by atoms with Gasteiger partial charge in [0.25, 0.3) is 0 Å². The molecule has 0 aliphatic carbocycles. The van der Waals surface area contributed by atoms with Crippen LogP contribution in [0.15, 0.2) is 48.5 Å². The lowest BCUT2D eigenvalue weighted by Crippen LogP contribution is -2.38. The molecule has 0 aromatic heterocycles. The lowest BCUT2D eigenvalue weighted by molar-refractivity contribution is -0.130. The van der Waals surface area contributed by atoms with Crippen LogP contribution in [0.5, 0.6) is 0 Å². The van der Waals surface area contributed by atoms with Crippen LogP contribution in [0, 0.1) is 0 Å². The molecule has 1 aliphatic heterocycles. The molecule has 1 atom stereocenters. The molecule has 1 aliphatic rings. The molecule has 0 saturated carbocycles. The number of amides is 3. The van der Waals surface area contributed by atoms with Crippen LogP contribution in [0.1, 0.15) is 23.6 Å². The highest BCUT2D eigenvalue weighted by Crippen LogP contribution is 2.27. The average molecular weight is 431 g/mol. The molecule has 2 aromatic rings. The molecule has 2 aromatic carbocycles. The Kier molecular flexibility index (Phi) is 7.54. The minimum Gasteiger partial charge on any atom is -0.378 e. The zero-order valence-electron chi connectivity index (χ0n) is 17.0. The first-order valence-electron chi connectivity index (χ1n) is 9.90. The van der Waals surface area contributed by atoms with Gasteiger partial charge in [0, 0.05) is 37.4 Å². The number of nitrogens with zero attached hydrogens (tertiary/aromatic N) is 2. The standard InChI is InChI=1S/C22H27ClN4O3/c1-26(15-16-6-2-5-9-20(16)27-10-12-30-13-11-27)21(28)14-19(25-22(24)29)17-7-3-4-8-18(17)23/h2-9,19H,10-15H2,1H3,(H3,24,25,29)/t19-/m0/s1. The van der Waals surface area contributed by atoms with E-state index in [0.29, 0.717) is 30.3 Å². The van der Waals surface area contributed by atoms with Gasteiger partial charge in [-0.25, -0.2) is 4.79 Å². The van der Waals surface area contributed by atoms with Crippen LogP contribution in [0.25, 0.3) is 0 Å². The van der Waals surface area contributed by atoms with Crippen LogP contribution < -0.4 is 16.0 Å². The quantitative estimate of drug-likeness (QED) is 0.706. The second-order valence-corrected chi connectivity index (χ2v) is 7.67. The number of morpholine rings is 1. The van der Waals surface area contributed by atoms with Gasteiger partial charge in [-0.15, -0.1) is 0 Å². The van der Waals surface area contributed by atoms with Crippen LogP contribution in [0.4, 0.5) is 10.5 Å². The first kappa shape index (κ1) is 21.9. The zero-order valence-corrected chi connectivity index (χ0v) is 17.8. The fourth-order valence-electron chi connectivity index (χ4n) is 3.60. The Balaban J connectivity index is 1.72. The van der Waals surface area contributed by atoms with Gasteiger partial charge in [0.15, 0.2) is 0 Å². The summed E-state index contributed by atoms with van der Waals surface area (Å²) in [6.45, 7) is 3.50. The van der Waals surface area contributed by atoms with Crippen LogP contribution in [-0.2, 0) is 16.1 Å². The number of halogens is 1. The number of hydrogen-bond donors (Lipinski definition) is 2. The summed E-state index contributed by atoms with van der Waals surface area (Å²) < 4.78 is 5.45. The molecule has 1 fully saturated rings. The summed E-state index contributed by atoms with van der Waals surface area (Å²) in [5.41, 5.74) is 8.16. The van der Waals surface area contributed by atoms with Crippen molar-refractivity contribution in [3.63, 3.8) is 0 Å². The van der Waals surface area contributed by atoms with Crippen LogP contribution in [0.2, 0.25) is 5.02 Å². The second kappa shape index (κ2) is 10.3. The van der Waals surface area contributed by atoms with E-state index in [1.165, 1.54) is 0 Å². The third-order valence-electron chi connectivity index (χ3n) is 5.15. The van der Waals surface area contributed by atoms with Gasteiger partial charge in [-0.1, -0.05) is 48.0 Å². The SMILES string of the molecule is CN(Cc1ccccc1N1CCOCC1)C(=O)C[C@H](NC(N)=O)c1ccccc1Cl. The Hall–Kier alpha value is -2.77. The second-order valence-electron chi connectivity index (χ2n) is 7.26. The van der Waals surface area contributed by atoms with E-state index in [0.717, 1.165) is 24.3 Å². The first-order chi connectivity index (χ1) is 14.5. The van der Waals surface area contributed by atoms with Crippen molar-refractivity contribution in [2.45, 2.75) is 19.0 Å². The lowest BCUT2D eigenvalue weighted by atomic mass is 10.0. The fraction of sp³-hybridized carbons (Fsp3) is 0.364. The molecule has 1 saturated heterocycles. The summed E-state index contributed by atoms with van der Waals surface area (Å²) in [5, 5.41) is 3.11. The number of benzene rings is 2. The molecule has 0 radical (unpaired) electrons.